The molecule has 1 aliphatic heterocycles. The number of nitrogens with two attached hydrogens (primary N) is 1. The van der Waals surface area contributed by atoms with Gasteiger partial charge in [0.05, 0.1) is 27.2 Å². The number of nitrogens with zero attached hydrogens (tertiary/aromatic N) is 4. The van der Waals surface area contributed by atoms with Crippen LogP contribution in [0.15, 0.2) is 29.4 Å². The van der Waals surface area contributed by atoms with Gasteiger partial charge in [-0.2, -0.15) is 4.72 Å². The van der Waals surface area contributed by atoms with E-state index < -0.39 is 21.0 Å². The number of anilines is 1. The first kappa shape index (κ1) is 26.6. The quantitative estimate of drug-likeness (QED) is 0.285. The molecule has 1 unspecified atom stereocenters. The number of aryl methyl sites for hydroxylation is 1. The first-order valence-corrected chi connectivity index (χ1v) is 14.0. The number of imidazole rings is 1. The number of rotatable bonds is 8. The summed E-state index contributed by atoms with van der Waals surface area (Å²) in [5.74, 6) is 0.242. The van der Waals surface area contributed by atoms with Crippen molar-refractivity contribution in [2.75, 3.05) is 18.8 Å². The van der Waals surface area contributed by atoms with Gasteiger partial charge in [0.15, 0.2) is 0 Å². The van der Waals surface area contributed by atoms with Crippen molar-refractivity contribution in [2.24, 2.45) is 11.8 Å². The summed E-state index contributed by atoms with van der Waals surface area (Å²) in [4.78, 5) is 29.4. The van der Waals surface area contributed by atoms with Crippen LogP contribution in [0.5, 0.6) is 0 Å². The molecule has 2 aliphatic rings. The Morgan fingerprint density at radius 3 is 2.56 bits per heavy atom. The van der Waals surface area contributed by atoms with Gasteiger partial charge in [-0.25, -0.2) is 13.0 Å². The Balaban J connectivity index is 1.58. The van der Waals surface area contributed by atoms with Gasteiger partial charge in [0, 0.05) is 19.5 Å². The highest BCUT2D eigenvalue weighted by Crippen LogP contribution is 2.36. The lowest BCUT2D eigenvalue weighted by Gasteiger charge is -2.42. The molecule has 36 heavy (non-hydrogen) atoms. The first-order chi connectivity index (χ1) is 17.1. The Morgan fingerprint density at radius 1 is 1.22 bits per heavy atom. The van der Waals surface area contributed by atoms with Gasteiger partial charge in [0.25, 0.3) is 0 Å². The molecule has 196 valence electrons. The van der Waals surface area contributed by atoms with Crippen molar-refractivity contribution < 1.29 is 18.1 Å². The molecular weight excluding hydrogens is 531 g/mol. The molecule has 1 saturated heterocycles. The molecule has 1 saturated carbocycles. The predicted molar refractivity (Wildman–Crippen MR) is 135 cm³/mol. The average Bonchev–Trinajstić information content (AvgIpc) is 3.33. The second-order valence-electron chi connectivity index (χ2n) is 9.32. The third-order valence-corrected chi connectivity index (χ3v) is 9.15. The SMILES string of the molecule is Nc1c(Cl)cc(S(=O)(=O)NC(CCn2ccnc2[N+](=O)[O-])C(=O)N2CC[C@H]3CCCC[C@H]3C2)cc1Cl. The molecule has 3 atom stereocenters. The average molecular weight is 559 g/mol. The molecule has 0 radical (unpaired) electrons. The third kappa shape index (κ3) is 5.77. The fourth-order valence-corrected chi connectivity index (χ4v) is 7.03. The summed E-state index contributed by atoms with van der Waals surface area (Å²) in [5, 5.41) is 11.2. The van der Waals surface area contributed by atoms with Gasteiger partial charge in [-0.3, -0.25) is 4.79 Å². The van der Waals surface area contributed by atoms with Gasteiger partial charge < -0.3 is 20.7 Å². The zero-order valence-electron chi connectivity index (χ0n) is 19.5. The maximum absolute atomic E-state index is 13.6. The molecule has 2 heterocycles. The molecule has 4 rings (SSSR count). The van der Waals surface area contributed by atoms with Gasteiger partial charge in [-0.1, -0.05) is 47.4 Å². The monoisotopic (exact) mass is 558 g/mol. The molecule has 1 aromatic heterocycles. The molecule has 11 nitrogen and oxygen atoms in total. The Kier molecular flexibility index (Phi) is 8.08. The minimum Gasteiger partial charge on any atom is -0.396 e. The number of benzene rings is 1. The lowest BCUT2D eigenvalue weighted by Crippen LogP contribution is -2.53. The number of fused-ring (bicyclic) bond motifs is 1. The van der Waals surface area contributed by atoms with E-state index in [0.717, 1.165) is 25.7 Å². The smallest absolute Gasteiger partial charge is 0.396 e. The second-order valence-corrected chi connectivity index (χ2v) is 11.8. The number of nitrogens with one attached hydrogen (secondary N) is 1. The Hall–Kier alpha value is -2.41. The number of sulfonamides is 1. The number of amides is 1. The molecule has 0 bridgehead atoms. The predicted octanol–water partition coefficient (Wildman–Crippen LogP) is 3.46. The summed E-state index contributed by atoms with van der Waals surface area (Å²) in [6, 6.07) is 1.18. The number of hydrogen-bond donors (Lipinski definition) is 2. The van der Waals surface area contributed by atoms with Crippen LogP contribution < -0.4 is 10.5 Å². The minimum atomic E-state index is -4.23. The summed E-state index contributed by atoms with van der Waals surface area (Å²) in [7, 11) is -4.23. The summed E-state index contributed by atoms with van der Waals surface area (Å²) in [6.07, 6.45) is 8.10. The van der Waals surface area contributed by atoms with E-state index in [1.165, 1.54) is 35.5 Å². The van der Waals surface area contributed by atoms with Crippen molar-refractivity contribution in [3.63, 3.8) is 0 Å². The Bertz CT molecular complexity index is 1230. The summed E-state index contributed by atoms with van der Waals surface area (Å²) >= 11 is 12.1. The number of piperidine rings is 1. The molecule has 1 aromatic carbocycles. The van der Waals surface area contributed by atoms with E-state index in [1.807, 2.05) is 0 Å². The fourth-order valence-electron chi connectivity index (χ4n) is 5.14. The molecule has 3 N–H and O–H groups in total. The van der Waals surface area contributed by atoms with E-state index in [-0.39, 0.29) is 45.4 Å². The van der Waals surface area contributed by atoms with Crippen molar-refractivity contribution in [3.8, 4) is 0 Å². The van der Waals surface area contributed by atoms with E-state index in [4.69, 9.17) is 28.9 Å². The van der Waals surface area contributed by atoms with Crippen LogP contribution in [-0.4, -0.2) is 52.8 Å². The lowest BCUT2D eigenvalue weighted by atomic mass is 9.75. The fraction of sp³-hybridized carbons (Fsp3) is 0.545. The van der Waals surface area contributed by atoms with E-state index in [9.17, 15) is 23.3 Å². The molecule has 14 heteroatoms. The van der Waals surface area contributed by atoms with Crippen LogP contribution in [0.25, 0.3) is 0 Å². The standard InChI is InChI=1S/C22H28Cl2N6O5S/c23-17-11-16(12-18(24)20(17)25)36(34,35)27-19(6-9-28-10-7-26-22(28)30(32)33)21(31)29-8-5-14-3-1-2-4-15(14)13-29/h7,10-12,14-15,19,27H,1-6,8-9,13,25H2/t14-,15+,19?/m1/s1. The number of carbonyl (C=O) groups excluding carboxylic acids is 1. The Morgan fingerprint density at radius 2 is 1.89 bits per heavy atom. The number of halogens is 2. The summed E-state index contributed by atoms with van der Waals surface area (Å²) in [5.41, 5.74) is 5.78. The maximum Gasteiger partial charge on any atom is 0.434 e. The zero-order chi connectivity index (χ0) is 26.0. The van der Waals surface area contributed by atoms with E-state index in [2.05, 4.69) is 9.71 Å². The highest BCUT2D eigenvalue weighted by atomic mass is 35.5. The normalized spacial score (nSPS) is 21.1. The Labute approximate surface area is 219 Å². The number of nitro groups is 1. The second kappa shape index (κ2) is 10.9. The van der Waals surface area contributed by atoms with Gasteiger partial charge in [0.2, 0.25) is 15.9 Å². The molecule has 2 aromatic rings. The van der Waals surface area contributed by atoms with Crippen molar-refractivity contribution >= 4 is 50.8 Å². The molecule has 1 aliphatic carbocycles. The van der Waals surface area contributed by atoms with Gasteiger partial charge >= 0.3 is 5.95 Å². The van der Waals surface area contributed by atoms with Gasteiger partial charge in [0.1, 0.15) is 18.4 Å². The molecule has 1 amide bonds. The largest absolute Gasteiger partial charge is 0.434 e. The van der Waals surface area contributed by atoms with Crippen molar-refractivity contribution in [1.29, 1.82) is 0 Å². The molecule has 0 spiro atoms. The number of aromatic nitrogens is 2. The summed E-state index contributed by atoms with van der Waals surface area (Å²) < 4.78 is 30.2. The number of carbonyl (C=O) groups is 1. The van der Waals surface area contributed by atoms with Crippen LogP contribution in [0.2, 0.25) is 10.0 Å². The lowest BCUT2D eigenvalue weighted by molar-refractivity contribution is -0.396. The van der Waals surface area contributed by atoms with Gasteiger partial charge in [-0.05, 0) is 41.7 Å². The number of nitrogen functional groups attached to an aromatic ring is 1. The van der Waals surface area contributed by atoms with E-state index in [0.29, 0.717) is 24.9 Å². The van der Waals surface area contributed by atoms with Crippen LogP contribution in [0.3, 0.4) is 0 Å². The van der Waals surface area contributed by atoms with E-state index >= 15 is 0 Å². The van der Waals surface area contributed by atoms with Crippen molar-refractivity contribution in [3.05, 3.63) is 44.7 Å². The summed E-state index contributed by atoms with van der Waals surface area (Å²) in [6.45, 7) is 1.13. The van der Waals surface area contributed by atoms with Crippen LogP contribution in [-0.2, 0) is 21.4 Å². The van der Waals surface area contributed by atoms with E-state index in [1.54, 1.807) is 4.90 Å². The highest BCUT2D eigenvalue weighted by Gasteiger charge is 2.37. The first-order valence-electron chi connectivity index (χ1n) is 11.8. The van der Waals surface area contributed by atoms with Crippen LogP contribution in [0, 0.1) is 22.0 Å². The molecular formula is C22H28Cl2N6O5S. The number of hydrogen-bond acceptors (Lipinski definition) is 7. The van der Waals surface area contributed by atoms with Crippen LogP contribution in [0.4, 0.5) is 11.6 Å². The topological polar surface area (TPSA) is 153 Å². The minimum absolute atomic E-state index is 0.0123. The zero-order valence-corrected chi connectivity index (χ0v) is 21.8. The maximum atomic E-state index is 13.6. The third-order valence-electron chi connectivity index (χ3n) is 7.08. The van der Waals surface area contributed by atoms with Crippen LogP contribution in [0.1, 0.15) is 38.5 Å². The van der Waals surface area contributed by atoms with Crippen molar-refractivity contribution in [1.82, 2.24) is 19.2 Å². The highest BCUT2D eigenvalue weighted by molar-refractivity contribution is 7.89. The number of likely N-dealkylation sites (tertiary alicyclic amines) is 1. The van der Waals surface area contributed by atoms with Gasteiger partial charge in [-0.15, -0.1) is 0 Å². The van der Waals surface area contributed by atoms with Crippen molar-refractivity contribution in [2.45, 2.75) is 56.0 Å². The van der Waals surface area contributed by atoms with Crippen LogP contribution >= 0.6 is 23.2 Å². The molecule has 2 fully saturated rings.